The van der Waals surface area contributed by atoms with E-state index in [4.69, 9.17) is 4.42 Å². The molecule has 0 aliphatic heterocycles. The van der Waals surface area contributed by atoms with Gasteiger partial charge in [0.15, 0.2) is 5.82 Å². The smallest absolute Gasteiger partial charge is 0.277 e. The Hall–Kier alpha value is -1.09. The monoisotopic (exact) mass is 286 g/mol. The molecule has 2 aromatic heterocycles. The Balaban J connectivity index is 1.91. The summed E-state index contributed by atoms with van der Waals surface area (Å²) in [6.45, 7) is 2.91. The van der Waals surface area contributed by atoms with Gasteiger partial charge in [-0.05, 0) is 23.1 Å². The minimum atomic E-state index is 0.560. The number of nitrogens with zero attached hydrogens (tertiary/aromatic N) is 6. The molecule has 0 atom stereocenters. The van der Waals surface area contributed by atoms with E-state index in [0.717, 1.165) is 24.5 Å². The van der Waals surface area contributed by atoms with Crippen LogP contribution >= 0.6 is 23.5 Å². The van der Waals surface area contributed by atoms with Crippen molar-refractivity contribution in [3.05, 3.63) is 11.7 Å². The van der Waals surface area contributed by atoms with Crippen LogP contribution in [0.25, 0.3) is 0 Å². The van der Waals surface area contributed by atoms with Gasteiger partial charge in [-0.25, -0.2) is 4.68 Å². The van der Waals surface area contributed by atoms with Crippen molar-refractivity contribution < 1.29 is 4.42 Å². The Bertz CT molecular complexity index is 485. The van der Waals surface area contributed by atoms with Crippen LogP contribution in [0.1, 0.15) is 25.1 Å². The van der Waals surface area contributed by atoms with Gasteiger partial charge in [-0.1, -0.05) is 18.7 Å². The minimum absolute atomic E-state index is 0.560. The molecule has 0 aliphatic rings. The predicted molar refractivity (Wildman–Crippen MR) is 69.2 cm³/mol. The van der Waals surface area contributed by atoms with E-state index in [1.54, 1.807) is 16.4 Å². The molecule has 0 spiro atoms. The molecule has 2 heterocycles. The Morgan fingerprint density at radius 2 is 2.11 bits per heavy atom. The van der Waals surface area contributed by atoms with E-state index < -0.39 is 0 Å². The molecule has 0 N–H and O–H groups in total. The highest BCUT2D eigenvalue weighted by Gasteiger charge is 2.10. The average Bonchev–Trinajstić information content (AvgIpc) is 2.97. The van der Waals surface area contributed by atoms with Crippen LogP contribution in [-0.4, -0.2) is 36.7 Å². The molecule has 0 bridgehead atoms. The van der Waals surface area contributed by atoms with E-state index in [0.29, 0.717) is 16.9 Å². The average molecular weight is 286 g/mol. The SMILES string of the molecule is CCCn1nnnc1CSc1nnc(CSC)o1. The van der Waals surface area contributed by atoms with Crippen molar-refractivity contribution in [3.63, 3.8) is 0 Å². The molecule has 7 nitrogen and oxygen atoms in total. The first-order chi connectivity index (χ1) is 8.83. The van der Waals surface area contributed by atoms with Crippen molar-refractivity contribution in [3.8, 4) is 0 Å². The van der Waals surface area contributed by atoms with Crippen LogP contribution in [0.5, 0.6) is 0 Å². The highest BCUT2D eigenvalue weighted by molar-refractivity contribution is 7.98. The molecule has 0 aromatic carbocycles. The molecular weight excluding hydrogens is 272 g/mol. The minimum Gasteiger partial charge on any atom is -0.415 e. The van der Waals surface area contributed by atoms with E-state index in [9.17, 15) is 0 Å². The van der Waals surface area contributed by atoms with Crippen LogP contribution in [0.4, 0.5) is 0 Å². The van der Waals surface area contributed by atoms with Gasteiger partial charge in [0.25, 0.3) is 5.22 Å². The first-order valence-electron chi connectivity index (χ1n) is 5.52. The fourth-order valence-electron chi connectivity index (χ4n) is 1.32. The lowest BCUT2D eigenvalue weighted by molar-refractivity contribution is 0.426. The summed E-state index contributed by atoms with van der Waals surface area (Å²) in [5.74, 6) is 2.85. The van der Waals surface area contributed by atoms with Crippen molar-refractivity contribution in [1.29, 1.82) is 0 Å². The highest BCUT2D eigenvalue weighted by atomic mass is 32.2. The second kappa shape index (κ2) is 6.74. The van der Waals surface area contributed by atoms with E-state index in [1.807, 2.05) is 6.26 Å². The Labute approximate surface area is 113 Å². The molecule has 2 rings (SSSR count). The van der Waals surface area contributed by atoms with Gasteiger partial charge in [-0.2, -0.15) is 11.8 Å². The molecule has 0 aliphatic carbocycles. The fourth-order valence-corrected chi connectivity index (χ4v) is 2.39. The molecule has 0 unspecified atom stereocenters. The van der Waals surface area contributed by atoms with Gasteiger partial charge >= 0.3 is 0 Å². The predicted octanol–water partition coefficient (Wildman–Crippen LogP) is 1.62. The van der Waals surface area contributed by atoms with Gasteiger partial charge in [0.1, 0.15) is 0 Å². The Kier molecular flexibility index (Phi) is 5.00. The molecule has 0 saturated carbocycles. The van der Waals surface area contributed by atoms with E-state index in [2.05, 4.69) is 32.6 Å². The second-order valence-corrected chi connectivity index (χ2v) is 5.29. The zero-order valence-electron chi connectivity index (χ0n) is 10.2. The molecule has 2 aromatic rings. The van der Waals surface area contributed by atoms with Crippen LogP contribution in [0, 0.1) is 0 Å². The maximum Gasteiger partial charge on any atom is 0.277 e. The van der Waals surface area contributed by atoms with Crippen molar-refractivity contribution in [2.24, 2.45) is 0 Å². The van der Waals surface area contributed by atoms with Crippen molar-refractivity contribution in [2.45, 2.75) is 36.6 Å². The summed E-state index contributed by atoms with van der Waals surface area (Å²) in [5, 5.41) is 20.0. The van der Waals surface area contributed by atoms with Gasteiger partial charge in [0.2, 0.25) is 5.89 Å². The number of thioether (sulfide) groups is 2. The zero-order valence-corrected chi connectivity index (χ0v) is 11.9. The number of hydrogen-bond acceptors (Lipinski definition) is 8. The van der Waals surface area contributed by atoms with Gasteiger partial charge in [0.05, 0.1) is 11.5 Å². The summed E-state index contributed by atoms with van der Waals surface area (Å²) in [7, 11) is 0. The first kappa shape index (κ1) is 13.3. The Morgan fingerprint density at radius 1 is 1.22 bits per heavy atom. The van der Waals surface area contributed by atoms with E-state index >= 15 is 0 Å². The third kappa shape index (κ3) is 3.45. The molecule has 0 fully saturated rings. The van der Waals surface area contributed by atoms with Crippen molar-refractivity contribution >= 4 is 23.5 Å². The second-order valence-electron chi connectivity index (χ2n) is 3.50. The van der Waals surface area contributed by atoms with Gasteiger partial charge in [0, 0.05) is 6.54 Å². The maximum atomic E-state index is 5.46. The highest BCUT2D eigenvalue weighted by Crippen LogP contribution is 2.21. The lowest BCUT2D eigenvalue weighted by Gasteiger charge is -1.99. The van der Waals surface area contributed by atoms with Crippen molar-refractivity contribution in [2.75, 3.05) is 6.26 Å². The van der Waals surface area contributed by atoms with Crippen LogP contribution in [-0.2, 0) is 18.1 Å². The third-order valence-corrected chi connectivity index (χ3v) is 3.43. The van der Waals surface area contributed by atoms with Crippen LogP contribution in [0.15, 0.2) is 9.64 Å². The lowest BCUT2D eigenvalue weighted by Crippen LogP contribution is -2.04. The van der Waals surface area contributed by atoms with Gasteiger partial charge in [-0.3, -0.25) is 0 Å². The lowest BCUT2D eigenvalue weighted by atomic mass is 10.5. The van der Waals surface area contributed by atoms with E-state index in [1.165, 1.54) is 11.8 Å². The van der Waals surface area contributed by atoms with Crippen LogP contribution in [0.2, 0.25) is 0 Å². The zero-order chi connectivity index (χ0) is 12.8. The fraction of sp³-hybridized carbons (Fsp3) is 0.667. The molecular formula is C9H14N6OS2. The largest absolute Gasteiger partial charge is 0.415 e. The number of aryl methyl sites for hydroxylation is 1. The van der Waals surface area contributed by atoms with E-state index in [-0.39, 0.29) is 0 Å². The summed E-state index contributed by atoms with van der Waals surface area (Å²) in [6, 6.07) is 0. The van der Waals surface area contributed by atoms with Gasteiger partial charge in [-0.15, -0.1) is 15.3 Å². The molecule has 98 valence electrons. The molecule has 18 heavy (non-hydrogen) atoms. The maximum absolute atomic E-state index is 5.46. The normalized spacial score (nSPS) is 11.0. The third-order valence-electron chi connectivity index (χ3n) is 2.08. The first-order valence-corrected chi connectivity index (χ1v) is 7.90. The number of aromatic nitrogens is 6. The Morgan fingerprint density at radius 3 is 2.89 bits per heavy atom. The van der Waals surface area contributed by atoms with Gasteiger partial charge < -0.3 is 4.42 Å². The standard InChI is InChI=1S/C9H14N6OS2/c1-3-4-15-7(10-13-14-15)5-18-9-12-11-8(16-9)6-17-2/h3-6H2,1-2H3. The van der Waals surface area contributed by atoms with Crippen LogP contribution in [0.3, 0.4) is 0 Å². The van der Waals surface area contributed by atoms with Crippen molar-refractivity contribution in [1.82, 2.24) is 30.4 Å². The summed E-state index contributed by atoms with van der Waals surface area (Å²) in [4.78, 5) is 0. The summed E-state index contributed by atoms with van der Waals surface area (Å²) in [6.07, 6.45) is 3.00. The summed E-state index contributed by atoms with van der Waals surface area (Å²) in [5.41, 5.74) is 0. The molecule has 0 amide bonds. The van der Waals surface area contributed by atoms with Crippen LogP contribution < -0.4 is 0 Å². The summed E-state index contributed by atoms with van der Waals surface area (Å²) < 4.78 is 7.26. The quantitative estimate of drug-likeness (QED) is 0.710. The molecule has 0 radical (unpaired) electrons. The number of tetrazole rings is 1. The topological polar surface area (TPSA) is 82.5 Å². The molecule has 9 heteroatoms. The molecule has 0 saturated heterocycles. The summed E-state index contributed by atoms with van der Waals surface area (Å²) >= 11 is 3.10. The number of hydrogen-bond donors (Lipinski definition) is 0. The number of rotatable bonds is 7.